The highest BCUT2D eigenvalue weighted by atomic mass is 15.1. The first kappa shape index (κ1) is 19.1. The van der Waals surface area contributed by atoms with Crippen molar-refractivity contribution in [3.8, 4) is 0 Å². The summed E-state index contributed by atoms with van der Waals surface area (Å²) in [5, 5.41) is 3.69. The molecule has 3 nitrogen and oxygen atoms in total. The Hall–Kier alpha value is -2.26. The van der Waals surface area contributed by atoms with Gasteiger partial charge in [0, 0.05) is 42.7 Å². The number of rotatable bonds is 8. The van der Waals surface area contributed by atoms with Gasteiger partial charge in [0.2, 0.25) is 0 Å². The highest BCUT2D eigenvalue weighted by Crippen LogP contribution is 2.30. The molecule has 1 N–H and O–H groups in total. The van der Waals surface area contributed by atoms with Crippen molar-refractivity contribution in [2.75, 3.05) is 24.5 Å². The second kappa shape index (κ2) is 8.83. The zero-order valence-electron chi connectivity index (χ0n) is 17.4. The number of aromatic nitrogens is 1. The van der Waals surface area contributed by atoms with Crippen molar-refractivity contribution in [3.05, 3.63) is 71.0 Å². The molecule has 0 bridgehead atoms. The van der Waals surface area contributed by atoms with E-state index in [1.54, 1.807) is 16.8 Å². The maximum Gasteiger partial charge on any atom is 0.0488 e. The van der Waals surface area contributed by atoms with Crippen molar-refractivity contribution in [1.29, 1.82) is 0 Å². The monoisotopic (exact) mass is 375 g/mol. The molecule has 1 aromatic carbocycles. The molecular formula is C25H33N3. The molecule has 0 unspecified atom stereocenters. The van der Waals surface area contributed by atoms with Crippen LogP contribution in [-0.2, 0) is 25.8 Å². The average molecular weight is 376 g/mol. The fraction of sp³-hybridized carbons (Fsp3) is 0.440. The Bertz CT molecular complexity index is 921. The minimum atomic E-state index is 0.934. The van der Waals surface area contributed by atoms with E-state index in [2.05, 4.69) is 77.1 Å². The standard InChI is InChI=1S/C25H33N3/c1-3-27(4-2)21-11-9-10-20(18-21)19-26-16-15-23-22-12-5-6-13-24(22)28-17-8-7-14-25(23)28/h7-11,14,17-18,26H,3-6,12-13,15-16,19H2,1-2H3. The Labute approximate surface area is 169 Å². The highest BCUT2D eigenvalue weighted by Gasteiger charge is 2.19. The van der Waals surface area contributed by atoms with E-state index >= 15 is 0 Å². The van der Waals surface area contributed by atoms with Crippen LogP contribution in [0.5, 0.6) is 0 Å². The van der Waals surface area contributed by atoms with Crippen molar-refractivity contribution in [1.82, 2.24) is 9.72 Å². The lowest BCUT2D eigenvalue weighted by Crippen LogP contribution is -2.22. The third kappa shape index (κ3) is 3.81. The van der Waals surface area contributed by atoms with E-state index in [4.69, 9.17) is 0 Å². The second-order valence-electron chi connectivity index (χ2n) is 7.84. The first-order valence-electron chi connectivity index (χ1n) is 11.0. The average Bonchev–Trinajstić information content (AvgIpc) is 3.06. The summed E-state index contributed by atoms with van der Waals surface area (Å²) in [6, 6.07) is 15.6. The number of hydrogen-bond acceptors (Lipinski definition) is 2. The number of aryl methyl sites for hydroxylation is 1. The Morgan fingerprint density at radius 2 is 1.86 bits per heavy atom. The first-order chi connectivity index (χ1) is 13.8. The molecule has 0 fully saturated rings. The zero-order chi connectivity index (χ0) is 19.3. The maximum absolute atomic E-state index is 3.69. The molecule has 2 aromatic heterocycles. The van der Waals surface area contributed by atoms with Crippen molar-refractivity contribution < 1.29 is 0 Å². The smallest absolute Gasteiger partial charge is 0.0488 e. The number of fused-ring (bicyclic) bond motifs is 3. The molecule has 28 heavy (non-hydrogen) atoms. The van der Waals surface area contributed by atoms with Crippen LogP contribution in [0.1, 0.15) is 49.1 Å². The van der Waals surface area contributed by atoms with Gasteiger partial charge in [0.15, 0.2) is 0 Å². The molecule has 3 heteroatoms. The molecule has 0 spiro atoms. The second-order valence-corrected chi connectivity index (χ2v) is 7.84. The zero-order valence-corrected chi connectivity index (χ0v) is 17.4. The molecule has 1 aliphatic carbocycles. The van der Waals surface area contributed by atoms with E-state index in [0.717, 1.165) is 32.6 Å². The molecule has 0 amide bonds. The van der Waals surface area contributed by atoms with E-state index in [9.17, 15) is 0 Å². The number of nitrogens with zero attached hydrogens (tertiary/aromatic N) is 2. The van der Waals surface area contributed by atoms with Gasteiger partial charge in [0.05, 0.1) is 0 Å². The number of hydrogen-bond donors (Lipinski definition) is 1. The lowest BCUT2D eigenvalue weighted by molar-refractivity contribution is 0.656. The third-order valence-electron chi connectivity index (χ3n) is 6.18. The lowest BCUT2D eigenvalue weighted by Gasteiger charge is -2.21. The Morgan fingerprint density at radius 1 is 1.00 bits per heavy atom. The molecule has 4 rings (SSSR count). The van der Waals surface area contributed by atoms with E-state index in [-0.39, 0.29) is 0 Å². The summed E-state index contributed by atoms with van der Waals surface area (Å²) in [7, 11) is 0. The molecule has 0 saturated carbocycles. The van der Waals surface area contributed by atoms with E-state index in [1.807, 2.05) is 0 Å². The van der Waals surface area contributed by atoms with Crippen LogP contribution in [0.3, 0.4) is 0 Å². The van der Waals surface area contributed by atoms with Gasteiger partial charge in [-0.25, -0.2) is 0 Å². The molecule has 0 atom stereocenters. The number of anilines is 1. The maximum atomic E-state index is 3.69. The van der Waals surface area contributed by atoms with Gasteiger partial charge in [-0.2, -0.15) is 0 Å². The summed E-state index contributed by atoms with van der Waals surface area (Å²) in [5.41, 5.74) is 8.87. The van der Waals surface area contributed by atoms with Crippen molar-refractivity contribution in [2.24, 2.45) is 0 Å². The van der Waals surface area contributed by atoms with E-state index in [1.165, 1.54) is 42.5 Å². The fourth-order valence-corrected chi connectivity index (χ4v) is 4.74. The topological polar surface area (TPSA) is 19.7 Å². The minimum absolute atomic E-state index is 0.934. The highest BCUT2D eigenvalue weighted by molar-refractivity contribution is 5.62. The van der Waals surface area contributed by atoms with Crippen LogP contribution in [0.2, 0.25) is 0 Å². The van der Waals surface area contributed by atoms with Gasteiger partial charge in [-0.3, -0.25) is 0 Å². The molecule has 148 valence electrons. The van der Waals surface area contributed by atoms with E-state index in [0.29, 0.717) is 0 Å². The van der Waals surface area contributed by atoms with Crippen LogP contribution < -0.4 is 10.2 Å². The fourth-order valence-electron chi connectivity index (χ4n) is 4.74. The molecule has 2 heterocycles. The van der Waals surface area contributed by atoms with Crippen LogP contribution in [0.15, 0.2) is 48.7 Å². The molecular weight excluding hydrogens is 342 g/mol. The SMILES string of the molecule is CCN(CC)c1cccc(CNCCc2c3c(n4ccccc24)CCCC3)c1. The number of pyridine rings is 1. The molecule has 0 aliphatic heterocycles. The van der Waals surface area contributed by atoms with Gasteiger partial charge in [-0.15, -0.1) is 0 Å². The van der Waals surface area contributed by atoms with Gasteiger partial charge < -0.3 is 14.6 Å². The molecule has 1 aliphatic rings. The predicted molar refractivity (Wildman–Crippen MR) is 119 cm³/mol. The van der Waals surface area contributed by atoms with E-state index < -0.39 is 0 Å². The van der Waals surface area contributed by atoms with Crippen molar-refractivity contribution in [3.63, 3.8) is 0 Å². The van der Waals surface area contributed by atoms with Gasteiger partial charge in [0.25, 0.3) is 0 Å². The number of nitrogens with one attached hydrogen (secondary N) is 1. The Morgan fingerprint density at radius 3 is 2.71 bits per heavy atom. The summed E-state index contributed by atoms with van der Waals surface area (Å²) >= 11 is 0. The summed E-state index contributed by atoms with van der Waals surface area (Å²) in [4.78, 5) is 2.41. The Balaban J connectivity index is 1.42. The predicted octanol–water partition coefficient (Wildman–Crippen LogP) is 5.00. The molecule has 3 aromatic rings. The van der Waals surface area contributed by atoms with Gasteiger partial charge in [-0.1, -0.05) is 18.2 Å². The lowest BCUT2D eigenvalue weighted by atomic mass is 9.93. The Kier molecular flexibility index (Phi) is 6.01. The van der Waals surface area contributed by atoms with Crippen LogP contribution >= 0.6 is 0 Å². The summed E-state index contributed by atoms with van der Waals surface area (Å²) < 4.78 is 2.44. The van der Waals surface area contributed by atoms with Gasteiger partial charge in [0.1, 0.15) is 0 Å². The normalized spacial score (nSPS) is 13.6. The molecule has 0 radical (unpaired) electrons. The summed E-state index contributed by atoms with van der Waals surface area (Å²) in [6.07, 6.45) is 8.50. The first-order valence-corrected chi connectivity index (χ1v) is 11.0. The number of benzene rings is 1. The minimum Gasteiger partial charge on any atom is -0.372 e. The molecule has 0 saturated heterocycles. The van der Waals surface area contributed by atoms with Crippen LogP contribution in [0, 0.1) is 0 Å². The van der Waals surface area contributed by atoms with Crippen molar-refractivity contribution >= 4 is 11.2 Å². The third-order valence-corrected chi connectivity index (χ3v) is 6.18. The van der Waals surface area contributed by atoms with Crippen LogP contribution in [-0.4, -0.2) is 24.0 Å². The van der Waals surface area contributed by atoms with Crippen LogP contribution in [0.25, 0.3) is 5.52 Å². The van der Waals surface area contributed by atoms with Crippen LogP contribution in [0.4, 0.5) is 5.69 Å². The summed E-state index contributed by atoms with van der Waals surface area (Å²) in [5.74, 6) is 0. The van der Waals surface area contributed by atoms with Gasteiger partial charge >= 0.3 is 0 Å². The quantitative estimate of drug-likeness (QED) is 0.559. The van der Waals surface area contributed by atoms with Gasteiger partial charge in [-0.05, 0) is 93.5 Å². The summed E-state index contributed by atoms with van der Waals surface area (Å²) in [6.45, 7) is 8.51. The van der Waals surface area contributed by atoms with Crippen molar-refractivity contribution in [2.45, 2.75) is 52.5 Å². The largest absolute Gasteiger partial charge is 0.372 e.